The normalized spacial score (nSPS) is 15.9. The number of ether oxygens (including phenoxy) is 2. The molecule has 1 aliphatic carbocycles. The summed E-state index contributed by atoms with van der Waals surface area (Å²) in [5.41, 5.74) is 0.872. The van der Waals surface area contributed by atoms with Gasteiger partial charge in [-0.15, -0.1) is 0 Å². The number of halogens is 1. The molecule has 0 aliphatic heterocycles. The lowest BCUT2D eigenvalue weighted by atomic mass is 10.2. The van der Waals surface area contributed by atoms with Crippen molar-refractivity contribution in [2.24, 2.45) is 5.90 Å². The molecular weight excluding hydrogens is 254 g/mol. The maximum Gasteiger partial charge on any atom is 0.179 e. The first kappa shape index (κ1) is 13.5. The maximum absolute atomic E-state index is 6.15. The van der Waals surface area contributed by atoms with Crippen molar-refractivity contribution in [2.75, 3.05) is 7.11 Å². The van der Waals surface area contributed by atoms with Crippen molar-refractivity contribution in [1.82, 2.24) is 0 Å². The topological polar surface area (TPSA) is 53.7 Å². The minimum Gasteiger partial charge on any atom is -0.491 e. The van der Waals surface area contributed by atoms with Gasteiger partial charge in [0.15, 0.2) is 11.5 Å². The number of hydrogen-bond donors (Lipinski definition) is 1. The third kappa shape index (κ3) is 3.07. The molecule has 0 spiro atoms. The smallest absolute Gasteiger partial charge is 0.179 e. The van der Waals surface area contributed by atoms with Gasteiger partial charge in [0.1, 0.15) is 0 Å². The highest BCUT2D eigenvalue weighted by molar-refractivity contribution is 6.32. The van der Waals surface area contributed by atoms with E-state index in [4.69, 9.17) is 27.0 Å². The molecule has 1 fully saturated rings. The predicted molar refractivity (Wildman–Crippen MR) is 69.9 cm³/mol. The Morgan fingerprint density at radius 2 is 2.06 bits per heavy atom. The second-order valence-electron chi connectivity index (χ2n) is 4.44. The van der Waals surface area contributed by atoms with Crippen molar-refractivity contribution in [3.63, 3.8) is 0 Å². The molecule has 0 unspecified atom stereocenters. The van der Waals surface area contributed by atoms with Gasteiger partial charge in [-0.3, -0.25) is 4.84 Å². The largest absolute Gasteiger partial charge is 0.491 e. The Labute approximate surface area is 112 Å². The Kier molecular flexibility index (Phi) is 4.69. The van der Waals surface area contributed by atoms with E-state index < -0.39 is 0 Å². The van der Waals surface area contributed by atoms with Crippen LogP contribution >= 0.6 is 11.6 Å². The molecule has 0 heterocycles. The summed E-state index contributed by atoms with van der Waals surface area (Å²) in [6.07, 6.45) is 4.85. The summed E-state index contributed by atoms with van der Waals surface area (Å²) in [4.78, 5) is 4.63. The molecule has 0 saturated heterocycles. The van der Waals surface area contributed by atoms with Crippen molar-refractivity contribution in [3.05, 3.63) is 22.7 Å². The van der Waals surface area contributed by atoms with Gasteiger partial charge in [-0.25, -0.2) is 5.90 Å². The van der Waals surface area contributed by atoms with Crippen molar-refractivity contribution in [2.45, 2.75) is 38.4 Å². The number of rotatable bonds is 5. The Hall–Kier alpha value is -0.970. The molecule has 1 saturated carbocycles. The Balaban J connectivity index is 2.23. The van der Waals surface area contributed by atoms with Crippen LogP contribution in [-0.2, 0) is 11.4 Å². The minimum atomic E-state index is 0.254. The average molecular weight is 272 g/mol. The van der Waals surface area contributed by atoms with Gasteiger partial charge >= 0.3 is 0 Å². The highest BCUT2D eigenvalue weighted by Crippen LogP contribution is 2.38. The van der Waals surface area contributed by atoms with Gasteiger partial charge in [0.25, 0.3) is 0 Å². The van der Waals surface area contributed by atoms with Gasteiger partial charge in [-0.1, -0.05) is 11.6 Å². The molecule has 0 amide bonds. The summed E-state index contributed by atoms with van der Waals surface area (Å²) in [7, 11) is 1.59. The molecule has 5 heteroatoms. The van der Waals surface area contributed by atoms with Crippen LogP contribution in [0.15, 0.2) is 12.1 Å². The first-order valence-corrected chi connectivity index (χ1v) is 6.47. The van der Waals surface area contributed by atoms with Crippen LogP contribution < -0.4 is 15.4 Å². The number of nitrogens with two attached hydrogens (primary N) is 1. The van der Waals surface area contributed by atoms with Gasteiger partial charge in [0.2, 0.25) is 0 Å². The molecule has 0 radical (unpaired) electrons. The van der Waals surface area contributed by atoms with Crippen LogP contribution in [0.1, 0.15) is 31.2 Å². The maximum atomic E-state index is 6.15. The van der Waals surface area contributed by atoms with E-state index in [-0.39, 0.29) is 6.10 Å². The molecule has 1 aromatic rings. The summed E-state index contributed by atoms with van der Waals surface area (Å²) < 4.78 is 11.2. The zero-order valence-corrected chi connectivity index (χ0v) is 11.2. The van der Waals surface area contributed by atoms with E-state index in [1.165, 1.54) is 12.8 Å². The standard InChI is InChI=1S/C13H18ClNO3/c1-16-13-11(14)6-9(8-17-15)7-12(13)18-10-4-2-3-5-10/h6-7,10H,2-5,8,15H2,1H3. The van der Waals surface area contributed by atoms with E-state index in [0.29, 0.717) is 23.1 Å². The predicted octanol–water partition coefficient (Wildman–Crippen LogP) is 3.06. The molecule has 1 aromatic carbocycles. The van der Waals surface area contributed by atoms with E-state index in [9.17, 15) is 0 Å². The minimum absolute atomic E-state index is 0.254. The van der Waals surface area contributed by atoms with Crippen LogP contribution in [0, 0.1) is 0 Å². The van der Waals surface area contributed by atoms with Crippen LogP contribution in [0.5, 0.6) is 11.5 Å². The fourth-order valence-corrected chi connectivity index (χ4v) is 2.58. The first-order chi connectivity index (χ1) is 8.74. The molecule has 2 N–H and O–H groups in total. The first-order valence-electron chi connectivity index (χ1n) is 6.09. The zero-order chi connectivity index (χ0) is 13.0. The van der Waals surface area contributed by atoms with Crippen LogP contribution in [0.4, 0.5) is 0 Å². The van der Waals surface area contributed by atoms with Gasteiger partial charge in [0, 0.05) is 0 Å². The number of methoxy groups -OCH3 is 1. The highest BCUT2D eigenvalue weighted by Gasteiger charge is 2.20. The summed E-state index contributed by atoms with van der Waals surface area (Å²) in [6.45, 7) is 0.296. The van der Waals surface area contributed by atoms with Crippen LogP contribution in [0.25, 0.3) is 0 Å². The fraction of sp³-hybridized carbons (Fsp3) is 0.538. The number of hydrogen-bond acceptors (Lipinski definition) is 4. The van der Waals surface area contributed by atoms with Crippen molar-refractivity contribution >= 4 is 11.6 Å². The average Bonchev–Trinajstić information content (AvgIpc) is 2.82. The third-order valence-corrected chi connectivity index (χ3v) is 3.40. The lowest BCUT2D eigenvalue weighted by Crippen LogP contribution is -2.12. The third-order valence-electron chi connectivity index (χ3n) is 3.12. The van der Waals surface area contributed by atoms with Crippen molar-refractivity contribution < 1.29 is 14.3 Å². The Morgan fingerprint density at radius 1 is 1.33 bits per heavy atom. The molecule has 2 rings (SSSR count). The lowest BCUT2D eigenvalue weighted by Gasteiger charge is -2.17. The molecule has 0 aromatic heterocycles. The van der Waals surface area contributed by atoms with Gasteiger partial charge in [-0.05, 0) is 43.4 Å². The lowest BCUT2D eigenvalue weighted by molar-refractivity contribution is 0.123. The highest BCUT2D eigenvalue weighted by atomic mass is 35.5. The van der Waals surface area contributed by atoms with Gasteiger partial charge in [-0.2, -0.15) is 0 Å². The molecule has 0 bridgehead atoms. The molecular formula is C13H18ClNO3. The second kappa shape index (κ2) is 6.27. The SMILES string of the molecule is COc1c(Cl)cc(CON)cc1OC1CCCC1. The van der Waals surface area contributed by atoms with Gasteiger partial charge < -0.3 is 9.47 Å². The quantitative estimate of drug-likeness (QED) is 0.837. The van der Waals surface area contributed by atoms with E-state index in [2.05, 4.69) is 4.84 Å². The Bertz CT molecular complexity index is 405. The Morgan fingerprint density at radius 3 is 2.67 bits per heavy atom. The van der Waals surface area contributed by atoms with Crippen LogP contribution in [-0.4, -0.2) is 13.2 Å². The molecule has 18 heavy (non-hydrogen) atoms. The van der Waals surface area contributed by atoms with E-state index >= 15 is 0 Å². The summed E-state index contributed by atoms with van der Waals surface area (Å²) in [5.74, 6) is 6.32. The molecule has 4 nitrogen and oxygen atoms in total. The molecule has 1 aliphatic rings. The monoisotopic (exact) mass is 271 g/mol. The zero-order valence-electron chi connectivity index (χ0n) is 10.4. The van der Waals surface area contributed by atoms with E-state index in [1.807, 2.05) is 6.07 Å². The van der Waals surface area contributed by atoms with Crippen LogP contribution in [0.2, 0.25) is 5.02 Å². The second-order valence-corrected chi connectivity index (χ2v) is 4.85. The summed E-state index contributed by atoms with van der Waals surface area (Å²) in [5, 5.41) is 0.514. The van der Waals surface area contributed by atoms with Crippen LogP contribution in [0.3, 0.4) is 0 Å². The van der Waals surface area contributed by atoms with Crippen molar-refractivity contribution in [1.29, 1.82) is 0 Å². The number of benzene rings is 1. The van der Waals surface area contributed by atoms with E-state index in [1.54, 1.807) is 13.2 Å². The van der Waals surface area contributed by atoms with E-state index in [0.717, 1.165) is 18.4 Å². The molecule has 0 atom stereocenters. The summed E-state index contributed by atoms with van der Waals surface area (Å²) >= 11 is 6.15. The van der Waals surface area contributed by atoms with Crippen molar-refractivity contribution in [3.8, 4) is 11.5 Å². The molecule has 100 valence electrons. The summed E-state index contributed by atoms with van der Waals surface area (Å²) in [6, 6.07) is 3.64. The van der Waals surface area contributed by atoms with Gasteiger partial charge in [0.05, 0.1) is 24.8 Å². The fourth-order valence-electron chi connectivity index (χ4n) is 2.27.